The third-order valence-corrected chi connectivity index (χ3v) is 13.6. The SMILES string of the molecule is CC1(C)c2ccccc2-c2cc(-c3ccccc3)cc(-n3c4ccccc4c4ccc5c6ccccc6n(-c6nc(-c7ccccc7)nc(-c7ccc(-c8ccccc8)cc7)n6)c5c43)c21. The molecule has 5 heteroatoms. The molecule has 65 heavy (non-hydrogen) atoms. The summed E-state index contributed by atoms with van der Waals surface area (Å²) in [7, 11) is 0. The second-order valence-electron chi connectivity index (χ2n) is 17.6. The zero-order valence-electron chi connectivity index (χ0n) is 35.9. The molecule has 3 heterocycles. The zero-order chi connectivity index (χ0) is 43.2. The first-order valence-corrected chi connectivity index (χ1v) is 22.3. The summed E-state index contributed by atoms with van der Waals surface area (Å²) in [6, 6.07) is 76.0. The minimum Gasteiger partial charge on any atom is -0.307 e. The van der Waals surface area contributed by atoms with Crippen molar-refractivity contribution in [3.63, 3.8) is 0 Å². The Bertz CT molecular complexity index is 3830. The monoisotopic (exact) mass is 831 g/mol. The van der Waals surface area contributed by atoms with Gasteiger partial charge < -0.3 is 4.57 Å². The van der Waals surface area contributed by atoms with E-state index in [1.807, 2.05) is 24.3 Å². The molecule has 0 aliphatic heterocycles. The number of hydrogen-bond acceptors (Lipinski definition) is 3. The Balaban J connectivity index is 1.15. The number of para-hydroxylation sites is 2. The zero-order valence-corrected chi connectivity index (χ0v) is 35.9. The third-order valence-electron chi connectivity index (χ3n) is 13.6. The molecular formula is C60H41N5. The van der Waals surface area contributed by atoms with E-state index in [1.165, 1.54) is 44.2 Å². The van der Waals surface area contributed by atoms with Gasteiger partial charge in [-0.2, -0.15) is 9.97 Å². The number of nitrogens with zero attached hydrogens (tertiary/aromatic N) is 5. The minimum atomic E-state index is -0.279. The van der Waals surface area contributed by atoms with Gasteiger partial charge in [-0.15, -0.1) is 0 Å². The molecule has 0 N–H and O–H groups in total. The van der Waals surface area contributed by atoms with Crippen LogP contribution < -0.4 is 0 Å². The fraction of sp³-hybridized carbons (Fsp3) is 0.0500. The Hall–Kier alpha value is -8.41. The summed E-state index contributed by atoms with van der Waals surface area (Å²) in [6.45, 7) is 4.77. The Morgan fingerprint density at radius 3 is 1.45 bits per heavy atom. The fourth-order valence-corrected chi connectivity index (χ4v) is 10.6. The molecule has 12 aromatic rings. The maximum atomic E-state index is 5.43. The molecule has 1 aliphatic carbocycles. The summed E-state index contributed by atoms with van der Waals surface area (Å²) in [4.78, 5) is 16.0. The number of aromatic nitrogens is 5. The standard InChI is InChI=1S/C60H41N5/c1-60(2)50-27-15-12-24-44(50)49-36-43(39-20-8-4-9-21-39)37-53(54(49)60)64-51-28-16-13-25-45(51)47-34-35-48-46-26-14-17-29-52(46)65(56(48)55(47)64)59-62-57(41-22-10-5-11-23-41)61-58(63-59)42-32-30-40(31-33-42)38-18-6-3-7-19-38/h3-37H,1-2H3. The molecule has 9 aromatic carbocycles. The molecule has 3 aromatic heterocycles. The molecule has 5 nitrogen and oxygen atoms in total. The van der Waals surface area contributed by atoms with Gasteiger partial charge in [-0.25, -0.2) is 4.98 Å². The molecule has 0 saturated heterocycles. The third kappa shape index (κ3) is 5.68. The molecule has 0 fully saturated rings. The van der Waals surface area contributed by atoms with E-state index in [4.69, 9.17) is 15.0 Å². The first-order chi connectivity index (χ1) is 32.0. The van der Waals surface area contributed by atoms with Crippen LogP contribution in [0.15, 0.2) is 212 Å². The van der Waals surface area contributed by atoms with Gasteiger partial charge in [-0.1, -0.05) is 202 Å². The van der Waals surface area contributed by atoms with E-state index in [0.29, 0.717) is 17.6 Å². The van der Waals surface area contributed by atoms with Gasteiger partial charge in [-0.05, 0) is 68.8 Å². The van der Waals surface area contributed by atoms with E-state index in [0.717, 1.165) is 60.8 Å². The van der Waals surface area contributed by atoms with E-state index in [1.54, 1.807) is 0 Å². The van der Waals surface area contributed by atoms with Crippen LogP contribution in [0.3, 0.4) is 0 Å². The van der Waals surface area contributed by atoms with Gasteiger partial charge in [0.1, 0.15) is 0 Å². The number of fused-ring (bicyclic) bond motifs is 10. The summed E-state index contributed by atoms with van der Waals surface area (Å²) < 4.78 is 4.84. The van der Waals surface area contributed by atoms with E-state index >= 15 is 0 Å². The second-order valence-corrected chi connectivity index (χ2v) is 17.6. The van der Waals surface area contributed by atoms with Gasteiger partial charge in [0.25, 0.3) is 0 Å². The first-order valence-electron chi connectivity index (χ1n) is 22.3. The van der Waals surface area contributed by atoms with Crippen LogP contribution in [0.2, 0.25) is 0 Å². The van der Waals surface area contributed by atoms with E-state index in [9.17, 15) is 0 Å². The van der Waals surface area contributed by atoms with Crippen molar-refractivity contribution in [3.05, 3.63) is 223 Å². The van der Waals surface area contributed by atoms with Crippen molar-refractivity contribution in [2.24, 2.45) is 0 Å². The Kier molecular flexibility index (Phi) is 8.18. The van der Waals surface area contributed by atoms with Gasteiger partial charge in [-0.3, -0.25) is 4.57 Å². The highest BCUT2D eigenvalue weighted by Gasteiger charge is 2.39. The van der Waals surface area contributed by atoms with Crippen LogP contribution in [-0.4, -0.2) is 24.1 Å². The highest BCUT2D eigenvalue weighted by Crippen LogP contribution is 2.54. The van der Waals surface area contributed by atoms with Crippen LogP contribution in [0, 0.1) is 0 Å². The van der Waals surface area contributed by atoms with E-state index in [-0.39, 0.29) is 5.41 Å². The lowest BCUT2D eigenvalue weighted by Gasteiger charge is -2.26. The smallest absolute Gasteiger partial charge is 0.238 e. The molecule has 0 saturated carbocycles. The number of hydrogen-bond donors (Lipinski definition) is 0. The average Bonchev–Trinajstić information content (AvgIpc) is 3.97. The molecule has 13 rings (SSSR count). The van der Waals surface area contributed by atoms with E-state index < -0.39 is 0 Å². The summed E-state index contributed by atoms with van der Waals surface area (Å²) in [5, 5.41) is 4.62. The Morgan fingerprint density at radius 2 is 0.815 bits per heavy atom. The van der Waals surface area contributed by atoms with Crippen molar-refractivity contribution in [2.45, 2.75) is 19.3 Å². The topological polar surface area (TPSA) is 48.5 Å². The molecular weight excluding hydrogens is 791 g/mol. The van der Waals surface area contributed by atoms with Crippen molar-refractivity contribution in [1.29, 1.82) is 0 Å². The molecule has 0 bridgehead atoms. The highest BCUT2D eigenvalue weighted by atomic mass is 15.2. The van der Waals surface area contributed by atoms with Gasteiger partial charge in [0.15, 0.2) is 11.6 Å². The molecule has 0 unspecified atom stereocenters. The fourth-order valence-electron chi connectivity index (χ4n) is 10.6. The van der Waals surface area contributed by atoms with Crippen LogP contribution in [0.4, 0.5) is 0 Å². The Morgan fingerprint density at radius 1 is 0.354 bits per heavy atom. The molecule has 0 amide bonds. The summed E-state index contributed by atoms with van der Waals surface area (Å²) in [5.74, 6) is 1.79. The van der Waals surface area contributed by atoms with Gasteiger partial charge in [0.05, 0.1) is 27.8 Å². The summed E-state index contributed by atoms with van der Waals surface area (Å²) >= 11 is 0. The average molecular weight is 832 g/mol. The minimum absolute atomic E-state index is 0.279. The normalized spacial score (nSPS) is 12.9. The number of benzene rings is 9. The first kappa shape index (κ1) is 37.2. The summed E-state index contributed by atoms with van der Waals surface area (Å²) in [6.07, 6.45) is 0. The number of rotatable bonds is 6. The predicted molar refractivity (Wildman–Crippen MR) is 268 cm³/mol. The maximum absolute atomic E-state index is 5.43. The van der Waals surface area contributed by atoms with Crippen molar-refractivity contribution in [2.75, 3.05) is 0 Å². The predicted octanol–water partition coefficient (Wildman–Crippen LogP) is 15.0. The molecule has 1 aliphatic rings. The van der Waals surface area contributed by atoms with Crippen LogP contribution in [0.25, 0.3) is 111 Å². The van der Waals surface area contributed by atoms with Crippen molar-refractivity contribution in [3.8, 4) is 67.8 Å². The highest BCUT2D eigenvalue weighted by molar-refractivity contribution is 6.24. The molecule has 0 atom stereocenters. The second kappa shape index (κ2) is 14.3. The van der Waals surface area contributed by atoms with Crippen molar-refractivity contribution < 1.29 is 0 Å². The largest absolute Gasteiger partial charge is 0.307 e. The quantitative estimate of drug-likeness (QED) is 0.168. The summed E-state index contributed by atoms with van der Waals surface area (Å²) in [5.41, 5.74) is 16.9. The lowest BCUT2D eigenvalue weighted by atomic mass is 9.81. The van der Waals surface area contributed by atoms with Crippen molar-refractivity contribution >= 4 is 43.6 Å². The maximum Gasteiger partial charge on any atom is 0.238 e. The van der Waals surface area contributed by atoms with Gasteiger partial charge in [0, 0.05) is 38.1 Å². The van der Waals surface area contributed by atoms with Crippen molar-refractivity contribution in [1.82, 2.24) is 24.1 Å². The van der Waals surface area contributed by atoms with E-state index in [2.05, 4.69) is 211 Å². The van der Waals surface area contributed by atoms with Crippen LogP contribution in [0.1, 0.15) is 25.0 Å². The lowest BCUT2D eigenvalue weighted by molar-refractivity contribution is 0.657. The molecule has 0 spiro atoms. The lowest BCUT2D eigenvalue weighted by Crippen LogP contribution is -2.18. The van der Waals surface area contributed by atoms with Gasteiger partial charge >= 0.3 is 0 Å². The molecule has 0 radical (unpaired) electrons. The van der Waals surface area contributed by atoms with Crippen LogP contribution >= 0.6 is 0 Å². The van der Waals surface area contributed by atoms with Crippen LogP contribution in [-0.2, 0) is 5.41 Å². The molecule has 306 valence electrons. The van der Waals surface area contributed by atoms with Gasteiger partial charge in [0.2, 0.25) is 5.95 Å². The Labute approximate surface area is 376 Å². The van der Waals surface area contributed by atoms with Crippen LogP contribution in [0.5, 0.6) is 0 Å².